The number of para-hydroxylation sites is 1. The van der Waals surface area contributed by atoms with E-state index in [-0.39, 0.29) is 17.4 Å². The Kier molecular flexibility index (Phi) is 5.53. The normalized spacial score (nSPS) is 17.4. The molecule has 1 aliphatic rings. The number of benzene rings is 2. The first kappa shape index (κ1) is 18.3. The average molecular weight is 375 g/mol. The summed E-state index contributed by atoms with van der Waals surface area (Å²) in [4.78, 5) is 12.4. The molecule has 0 saturated carbocycles. The minimum atomic E-state index is -3.48. The standard InChI is InChI=1S/C18H21N3O4S/c22-21(23)18-8-6-15(7-9-18)14-26(24,25)19-12-16-10-11-20(13-16)17-4-2-1-3-5-17/h1-9,16,19H,10-14H2/t16-/m1/s1. The van der Waals surface area contributed by atoms with Gasteiger partial charge < -0.3 is 4.90 Å². The van der Waals surface area contributed by atoms with Crippen LogP contribution in [-0.4, -0.2) is 33.0 Å². The molecule has 0 aromatic heterocycles. The van der Waals surface area contributed by atoms with E-state index < -0.39 is 14.9 Å². The van der Waals surface area contributed by atoms with Gasteiger partial charge in [0.05, 0.1) is 10.7 Å². The van der Waals surface area contributed by atoms with Crippen molar-refractivity contribution in [3.63, 3.8) is 0 Å². The van der Waals surface area contributed by atoms with Gasteiger partial charge in [-0.1, -0.05) is 30.3 Å². The summed E-state index contributed by atoms with van der Waals surface area (Å²) in [6.45, 7) is 2.14. The highest BCUT2D eigenvalue weighted by Gasteiger charge is 2.24. The third-order valence-electron chi connectivity index (χ3n) is 4.50. The SMILES string of the molecule is O=[N+]([O-])c1ccc(CS(=O)(=O)NC[C@H]2CCN(c3ccccc3)C2)cc1. The molecule has 0 amide bonds. The summed E-state index contributed by atoms with van der Waals surface area (Å²) in [6, 6.07) is 15.7. The maximum absolute atomic E-state index is 12.3. The molecule has 1 atom stereocenters. The van der Waals surface area contributed by atoms with E-state index >= 15 is 0 Å². The van der Waals surface area contributed by atoms with Crippen molar-refractivity contribution in [1.82, 2.24) is 4.72 Å². The number of nitro groups is 1. The lowest BCUT2D eigenvalue weighted by Gasteiger charge is -2.18. The largest absolute Gasteiger partial charge is 0.371 e. The minimum absolute atomic E-state index is 0.0499. The van der Waals surface area contributed by atoms with Crippen molar-refractivity contribution in [2.45, 2.75) is 12.2 Å². The van der Waals surface area contributed by atoms with Gasteiger partial charge in [-0.15, -0.1) is 0 Å². The van der Waals surface area contributed by atoms with Gasteiger partial charge in [0, 0.05) is 37.5 Å². The number of nitrogens with one attached hydrogen (secondary N) is 1. The van der Waals surface area contributed by atoms with Crippen LogP contribution in [0.4, 0.5) is 11.4 Å². The van der Waals surface area contributed by atoms with E-state index in [1.807, 2.05) is 18.2 Å². The Balaban J connectivity index is 1.51. The zero-order valence-corrected chi connectivity index (χ0v) is 15.1. The lowest BCUT2D eigenvalue weighted by Crippen LogP contribution is -2.31. The molecule has 1 heterocycles. The van der Waals surface area contributed by atoms with Gasteiger partial charge in [-0.05, 0) is 30.0 Å². The van der Waals surface area contributed by atoms with Crippen LogP contribution in [0, 0.1) is 16.0 Å². The Morgan fingerprint density at radius 3 is 2.46 bits per heavy atom. The number of nitrogens with zero attached hydrogens (tertiary/aromatic N) is 2. The molecule has 26 heavy (non-hydrogen) atoms. The summed E-state index contributed by atoms with van der Waals surface area (Å²) >= 11 is 0. The van der Waals surface area contributed by atoms with Crippen molar-refractivity contribution in [2.24, 2.45) is 5.92 Å². The van der Waals surface area contributed by atoms with E-state index in [4.69, 9.17) is 0 Å². The molecular formula is C18H21N3O4S. The van der Waals surface area contributed by atoms with Crippen LogP contribution in [0.15, 0.2) is 54.6 Å². The average Bonchev–Trinajstić information content (AvgIpc) is 3.10. The Morgan fingerprint density at radius 2 is 1.81 bits per heavy atom. The molecule has 0 radical (unpaired) electrons. The van der Waals surface area contributed by atoms with Gasteiger partial charge in [-0.25, -0.2) is 13.1 Å². The molecule has 2 aromatic carbocycles. The Morgan fingerprint density at radius 1 is 1.12 bits per heavy atom. The van der Waals surface area contributed by atoms with Crippen molar-refractivity contribution >= 4 is 21.4 Å². The van der Waals surface area contributed by atoms with Gasteiger partial charge in [0.15, 0.2) is 0 Å². The zero-order chi connectivity index (χ0) is 18.6. The molecule has 1 aliphatic heterocycles. The van der Waals surface area contributed by atoms with Gasteiger partial charge in [0.2, 0.25) is 10.0 Å². The number of non-ortho nitro benzene ring substituents is 1. The zero-order valence-electron chi connectivity index (χ0n) is 14.2. The number of hydrogen-bond acceptors (Lipinski definition) is 5. The smallest absolute Gasteiger partial charge is 0.269 e. The van der Waals surface area contributed by atoms with E-state index in [2.05, 4.69) is 21.8 Å². The molecule has 1 fully saturated rings. The van der Waals surface area contributed by atoms with E-state index in [1.54, 1.807) is 0 Å². The Hall–Kier alpha value is -2.45. The van der Waals surface area contributed by atoms with Crippen molar-refractivity contribution in [3.8, 4) is 0 Å². The second-order valence-corrected chi connectivity index (χ2v) is 8.27. The van der Waals surface area contributed by atoms with Crippen molar-refractivity contribution in [3.05, 3.63) is 70.3 Å². The molecule has 1 N–H and O–H groups in total. The molecule has 2 aromatic rings. The molecule has 0 spiro atoms. The molecule has 1 saturated heterocycles. The van der Waals surface area contributed by atoms with E-state index in [0.717, 1.165) is 25.2 Å². The van der Waals surface area contributed by atoms with Crippen LogP contribution in [-0.2, 0) is 15.8 Å². The van der Waals surface area contributed by atoms with Crippen LogP contribution in [0.2, 0.25) is 0 Å². The molecule has 0 bridgehead atoms. The van der Waals surface area contributed by atoms with Gasteiger partial charge in [0.25, 0.3) is 5.69 Å². The Bertz CT molecular complexity index is 854. The number of sulfonamides is 1. The lowest BCUT2D eigenvalue weighted by atomic mass is 10.1. The maximum atomic E-state index is 12.3. The Labute approximate surface area is 152 Å². The summed E-state index contributed by atoms with van der Waals surface area (Å²) < 4.78 is 27.2. The number of hydrogen-bond donors (Lipinski definition) is 1. The van der Waals surface area contributed by atoms with Crippen LogP contribution in [0.25, 0.3) is 0 Å². The first-order valence-corrected chi connectivity index (χ1v) is 10.1. The topological polar surface area (TPSA) is 92.5 Å². The monoisotopic (exact) mass is 375 g/mol. The van der Waals surface area contributed by atoms with Gasteiger partial charge in [-0.3, -0.25) is 10.1 Å². The predicted octanol–water partition coefficient (Wildman–Crippen LogP) is 2.54. The highest BCUT2D eigenvalue weighted by Crippen LogP contribution is 2.23. The van der Waals surface area contributed by atoms with Crippen molar-refractivity contribution < 1.29 is 13.3 Å². The summed E-state index contributed by atoms with van der Waals surface area (Å²) in [5.74, 6) is 0.0852. The summed E-state index contributed by atoms with van der Waals surface area (Å²) in [7, 11) is -3.48. The van der Waals surface area contributed by atoms with E-state index in [9.17, 15) is 18.5 Å². The molecule has 8 heteroatoms. The van der Waals surface area contributed by atoms with Crippen LogP contribution < -0.4 is 9.62 Å². The fourth-order valence-electron chi connectivity index (χ4n) is 3.10. The molecule has 0 unspecified atom stereocenters. The van der Waals surface area contributed by atoms with Crippen molar-refractivity contribution in [2.75, 3.05) is 24.5 Å². The van der Waals surface area contributed by atoms with Crippen LogP contribution in [0.5, 0.6) is 0 Å². The second-order valence-electron chi connectivity index (χ2n) is 6.47. The molecular weight excluding hydrogens is 354 g/mol. The summed E-state index contributed by atoms with van der Waals surface area (Å²) in [5, 5.41) is 10.6. The molecule has 138 valence electrons. The maximum Gasteiger partial charge on any atom is 0.269 e. The summed E-state index contributed by atoms with van der Waals surface area (Å²) in [6.07, 6.45) is 0.939. The number of anilines is 1. The minimum Gasteiger partial charge on any atom is -0.371 e. The number of nitro benzene ring substituents is 1. The molecule has 3 rings (SSSR count). The lowest BCUT2D eigenvalue weighted by molar-refractivity contribution is -0.384. The molecule has 0 aliphatic carbocycles. The first-order valence-electron chi connectivity index (χ1n) is 8.43. The fourth-order valence-corrected chi connectivity index (χ4v) is 4.32. The van der Waals surface area contributed by atoms with Crippen molar-refractivity contribution in [1.29, 1.82) is 0 Å². The number of rotatable bonds is 7. The summed E-state index contributed by atoms with van der Waals surface area (Å²) in [5.41, 5.74) is 1.63. The predicted molar refractivity (Wildman–Crippen MR) is 100 cm³/mol. The van der Waals surface area contributed by atoms with Crippen LogP contribution in [0.1, 0.15) is 12.0 Å². The third kappa shape index (κ3) is 4.80. The third-order valence-corrected chi connectivity index (χ3v) is 5.82. The van der Waals surface area contributed by atoms with E-state index in [1.165, 1.54) is 24.3 Å². The highest BCUT2D eigenvalue weighted by atomic mass is 32.2. The fraction of sp³-hybridized carbons (Fsp3) is 0.333. The van der Waals surface area contributed by atoms with E-state index in [0.29, 0.717) is 12.1 Å². The van der Waals surface area contributed by atoms with Gasteiger partial charge in [-0.2, -0.15) is 0 Å². The van der Waals surface area contributed by atoms with Crippen LogP contribution in [0.3, 0.4) is 0 Å². The molecule has 7 nitrogen and oxygen atoms in total. The first-order chi connectivity index (χ1) is 12.4. The van der Waals surface area contributed by atoms with Gasteiger partial charge in [0.1, 0.15) is 0 Å². The van der Waals surface area contributed by atoms with Gasteiger partial charge >= 0.3 is 0 Å². The second kappa shape index (κ2) is 7.84. The van der Waals surface area contributed by atoms with Crippen LogP contribution >= 0.6 is 0 Å². The highest BCUT2D eigenvalue weighted by molar-refractivity contribution is 7.88. The quantitative estimate of drug-likeness (QED) is 0.593.